The van der Waals surface area contributed by atoms with E-state index in [0.29, 0.717) is 0 Å². The molecule has 0 fully saturated rings. The van der Waals surface area contributed by atoms with Gasteiger partial charge in [-0.15, -0.1) is 0 Å². The summed E-state index contributed by atoms with van der Waals surface area (Å²) in [5.74, 6) is -0.384. The molecule has 0 aliphatic carbocycles. The zero-order valence-electron chi connectivity index (χ0n) is 12.2. The monoisotopic (exact) mass is 295 g/mol. The molecule has 2 rings (SSSR count). The first-order valence-electron chi connectivity index (χ1n) is 6.55. The Morgan fingerprint density at radius 3 is 2.60 bits per heavy atom. The van der Waals surface area contributed by atoms with Crippen LogP contribution in [0.4, 0.5) is 4.39 Å². The summed E-state index contributed by atoms with van der Waals surface area (Å²) in [7, 11) is 3.86. The van der Waals surface area contributed by atoms with Crippen LogP contribution in [-0.2, 0) is 13.5 Å². The zero-order chi connectivity index (χ0) is 14.9. The second-order valence-corrected chi connectivity index (χ2v) is 5.41. The third kappa shape index (κ3) is 2.86. The van der Waals surface area contributed by atoms with Crippen LogP contribution in [0.25, 0.3) is 0 Å². The van der Waals surface area contributed by atoms with E-state index in [4.69, 9.17) is 11.6 Å². The first kappa shape index (κ1) is 15.0. The summed E-state index contributed by atoms with van der Waals surface area (Å²) < 4.78 is 15.1. The topological polar surface area (TPSA) is 29.9 Å². The van der Waals surface area contributed by atoms with Crippen molar-refractivity contribution in [1.29, 1.82) is 0 Å². The van der Waals surface area contributed by atoms with E-state index in [1.54, 1.807) is 12.1 Å². The minimum atomic E-state index is -0.384. The van der Waals surface area contributed by atoms with Crippen molar-refractivity contribution in [2.75, 3.05) is 7.05 Å². The smallest absolute Gasteiger partial charge is 0.141 e. The van der Waals surface area contributed by atoms with Crippen LogP contribution in [-0.4, -0.2) is 16.8 Å². The van der Waals surface area contributed by atoms with E-state index in [1.165, 1.54) is 11.6 Å². The molecule has 1 N–H and O–H groups in total. The van der Waals surface area contributed by atoms with Crippen LogP contribution < -0.4 is 5.32 Å². The summed E-state index contributed by atoms with van der Waals surface area (Å²) in [6, 6.07) is 4.99. The SMILES string of the molecule is CNC(Cc1ccc(F)c(Cl)c1)c1c(C)nn(C)c1C. The van der Waals surface area contributed by atoms with Crippen molar-refractivity contribution in [1.82, 2.24) is 15.1 Å². The molecule has 2 aromatic rings. The van der Waals surface area contributed by atoms with Gasteiger partial charge < -0.3 is 5.32 Å². The molecule has 1 heterocycles. The van der Waals surface area contributed by atoms with Crippen LogP contribution >= 0.6 is 11.6 Å². The van der Waals surface area contributed by atoms with E-state index >= 15 is 0 Å². The first-order valence-corrected chi connectivity index (χ1v) is 6.93. The van der Waals surface area contributed by atoms with Gasteiger partial charge in [-0.05, 0) is 45.0 Å². The van der Waals surface area contributed by atoms with E-state index < -0.39 is 0 Å². The second-order valence-electron chi connectivity index (χ2n) is 5.00. The number of likely N-dealkylation sites (N-methyl/N-ethyl adjacent to an activating group) is 1. The molecule has 1 aromatic carbocycles. The van der Waals surface area contributed by atoms with Crippen LogP contribution in [0.5, 0.6) is 0 Å². The fourth-order valence-electron chi connectivity index (χ4n) is 2.55. The lowest BCUT2D eigenvalue weighted by Crippen LogP contribution is -2.20. The Balaban J connectivity index is 2.31. The molecule has 1 unspecified atom stereocenters. The molecule has 0 saturated heterocycles. The largest absolute Gasteiger partial charge is 0.313 e. The van der Waals surface area contributed by atoms with E-state index in [1.807, 2.05) is 25.7 Å². The molecule has 0 spiro atoms. The number of nitrogens with one attached hydrogen (secondary N) is 1. The number of aryl methyl sites for hydroxylation is 2. The van der Waals surface area contributed by atoms with Gasteiger partial charge in [-0.1, -0.05) is 17.7 Å². The highest BCUT2D eigenvalue weighted by Gasteiger charge is 2.19. The second kappa shape index (κ2) is 5.94. The Labute approximate surface area is 123 Å². The molecule has 0 aliphatic heterocycles. The Morgan fingerprint density at radius 2 is 2.10 bits per heavy atom. The molecule has 0 amide bonds. The van der Waals surface area contributed by atoms with Crippen LogP contribution in [0.1, 0.15) is 28.6 Å². The Morgan fingerprint density at radius 1 is 1.40 bits per heavy atom. The van der Waals surface area contributed by atoms with Gasteiger partial charge in [0.2, 0.25) is 0 Å². The molecule has 108 valence electrons. The average molecular weight is 296 g/mol. The third-order valence-electron chi connectivity index (χ3n) is 3.69. The number of aromatic nitrogens is 2. The van der Waals surface area contributed by atoms with E-state index in [9.17, 15) is 4.39 Å². The predicted molar refractivity (Wildman–Crippen MR) is 79.6 cm³/mol. The maximum absolute atomic E-state index is 13.2. The normalized spacial score (nSPS) is 12.7. The van der Waals surface area contributed by atoms with Gasteiger partial charge in [-0.25, -0.2) is 4.39 Å². The molecule has 1 atom stereocenters. The van der Waals surface area contributed by atoms with E-state index in [0.717, 1.165) is 23.4 Å². The molecular weight excluding hydrogens is 277 g/mol. The van der Waals surface area contributed by atoms with Gasteiger partial charge in [0.15, 0.2) is 0 Å². The first-order chi connectivity index (χ1) is 9.43. The lowest BCUT2D eigenvalue weighted by atomic mass is 9.97. The minimum absolute atomic E-state index is 0.130. The van der Waals surface area contributed by atoms with E-state index in [-0.39, 0.29) is 16.9 Å². The molecule has 0 radical (unpaired) electrons. The Kier molecular flexibility index (Phi) is 4.45. The Bertz CT molecular complexity index is 622. The van der Waals surface area contributed by atoms with Crippen molar-refractivity contribution in [2.45, 2.75) is 26.3 Å². The molecule has 0 bridgehead atoms. The van der Waals surface area contributed by atoms with Crippen LogP contribution in [0.15, 0.2) is 18.2 Å². The number of benzene rings is 1. The standard InChI is InChI=1S/C15H19ClFN3/c1-9-15(10(2)20(4)19-9)14(18-3)8-11-5-6-13(17)12(16)7-11/h5-7,14,18H,8H2,1-4H3. The molecule has 0 aliphatic rings. The van der Waals surface area contributed by atoms with Crippen molar-refractivity contribution in [3.8, 4) is 0 Å². The molecule has 1 aromatic heterocycles. The van der Waals surface area contributed by atoms with Crippen molar-refractivity contribution >= 4 is 11.6 Å². The highest BCUT2D eigenvalue weighted by Crippen LogP contribution is 2.26. The van der Waals surface area contributed by atoms with Gasteiger partial charge in [-0.2, -0.15) is 5.10 Å². The number of nitrogens with zero attached hydrogens (tertiary/aromatic N) is 2. The van der Waals surface area contributed by atoms with Crippen LogP contribution in [0.2, 0.25) is 5.02 Å². The summed E-state index contributed by atoms with van der Waals surface area (Å²) in [4.78, 5) is 0. The van der Waals surface area contributed by atoms with Gasteiger partial charge in [0.1, 0.15) is 5.82 Å². The number of hydrogen-bond donors (Lipinski definition) is 1. The lowest BCUT2D eigenvalue weighted by molar-refractivity contribution is 0.582. The quantitative estimate of drug-likeness (QED) is 0.937. The minimum Gasteiger partial charge on any atom is -0.313 e. The highest BCUT2D eigenvalue weighted by molar-refractivity contribution is 6.30. The average Bonchev–Trinajstić information content (AvgIpc) is 2.65. The molecule has 3 nitrogen and oxygen atoms in total. The molecule has 20 heavy (non-hydrogen) atoms. The van der Waals surface area contributed by atoms with Gasteiger partial charge in [0.25, 0.3) is 0 Å². The van der Waals surface area contributed by atoms with Gasteiger partial charge in [0, 0.05) is 24.3 Å². The summed E-state index contributed by atoms with van der Waals surface area (Å²) in [6.07, 6.45) is 0.740. The van der Waals surface area contributed by atoms with Gasteiger partial charge in [-0.3, -0.25) is 4.68 Å². The maximum atomic E-state index is 13.2. The van der Waals surface area contributed by atoms with Gasteiger partial charge in [0.05, 0.1) is 10.7 Å². The summed E-state index contributed by atoms with van der Waals surface area (Å²) in [6.45, 7) is 4.06. The summed E-state index contributed by atoms with van der Waals surface area (Å²) >= 11 is 5.84. The lowest BCUT2D eigenvalue weighted by Gasteiger charge is -2.17. The summed E-state index contributed by atoms with van der Waals surface area (Å²) in [5.41, 5.74) is 4.33. The van der Waals surface area contributed by atoms with Crippen molar-refractivity contribution < 1.29 is 4.39 Å². The van der Waals surface area contributed by atoms with E-state index in [2.05, 4.69) is 17.3 Å². The van der Waals surface area contributed by atoms with Crippen molar-refractivity contribution in [2.24, 2.45) is 7.05 Å². The maximum Gasteiger partial charge on any atom is 0.141 e. The zero-order valence-corrected chi connectivity index (χ0v) is 12.9. The number of halogens is 2. The van der Waals surface area contributed by atoms with Crippen LogP contribution in [0.3, 0.4) is 0 Å². The van der Waals surface area contributed by atoms with Crippen LogP contribution in [0, 0.1) is 19.7 Å². The van der Waals surface area contributed by atoms with Crippen molar-refractivity contribution in [3.05, 3.63) is 51.6 Å². The molecule has 5 heteroatoms. The fraction of sp³-hybridized carbons (Fsp3) is 0.400. The molecular formula is C15H19ClFN3. The highest BCUT2D eigenvalue weighted by atomic mass is 35.5. The fourth-order valence-corrected chi connectivity index (χ4v) is 2.75. The number of hydrogen-bond acceptors (Lipinski definition) is 2. The molecule has 0 saturated carbocycles. The predicted octanol–water partition coefficient (Wildman–Crippen LogP) is 3.33. The summed E-state index contributed by atoms with van der Waals surface area (Å²) in [5, 5.41) is 7.91. The third-order valence-corrected chi connectivity index (χ3v) is 3.98. The van der Waals surface area contributed by atoms with Gasteiger partial charge >= 0.3 is 0 Å². The van der Waals surface area contributed by atoms with Crippen molar-refractivity contribution in [3.63, 3.8) is 0 Å². The number of rotatable bonds is 4. The Hall–Kier alpha value is -1.39.